The zero-order chi connectivity index (χ0) is 20.7. The van der Waals surface area contributed by atoms with Gasteiger partial charge in [0.15, 0.2) is 5.71 Å². The zero-order valence-corrected chi connectivity index (χ0v) is 17.0. The fourth-order valence-electron chi connectivity index (χ4n) is 4.06. The van der Waals surface area contributed by atoms with E-state index in [9.17, 15) is 9.59 Å². The lowest BCUT2D eigenvalue weighted by atomic mass is 10.1. The van der Waals surface area contributed by atoms with E-state index < -0.39 is 6.03 Å². The number of carbonyl (C=O) groups is 2. The fourth-order valence-corrected chi connectivity index (χ4v) is 4.32. The molecule has 7 nitrogen and oxygen atoms in total. The van der Waals surface area contributed by atoms with E-state index in [2.05, 4.69) is 19.8 Å². The van der Waals surface area contributed by atoms with Crippen LogP contribution in [-0.4, -0.2) is 72.4 Å². The second-order valence-corrected chi connectivity index (χ2v) is 7.86. The van der Waals surface area contributed by atoms with Crippen molar-refractivity contribution in [3.8, 4) is 0 Å². The molecule has 3 heterocycles. The number of hydrogen-bond donors (Lipinski definition) is 0. The lowest BCUT2D eigenvalue weighted by molar-refractivity contribution is -0.121. The Morgan fingerprint density at radius 2 is 1.57 bits per heavy atom. The molecule has 0 aliphatic carbocycles. The third kappa shape index (κ3) is 3.30. The third-order valence-electron chi connectivity index (χ3n) is 5.71. The number of carbonyl (C=O) groups excluding carboxylic acids is 2. The highest BCUT2D eigenvalue weighted by Gasteiger charge is 2.38. The average Bonchev–Trinajstić information content (AvgIpc) is 3.13. The van der Waals surface area contributed by atoms with Crippen molar-refractivity contribution in [2.24, 2.45) is 9.98 Å². The summed E-state index contributed by atoms with van der Waals surface area (Å²) < 4.78 is 0. The molecule has 152 valence electrons. The lowest BCUT2D eigenvalue weighted by Gasteiger charge is -2.37. The van der Waals surface area contributed by atoms with E-state index in [0.29, 0.717) is 24.5 Å². The van der Waals surface area contributed by atoms with Gasteiger partial charge in [-0.2, -0.15) is 4.99 Å². The maximum absolute atomic E-state index is 12.9. The molecule has 0 unspecified atom stereocenters. The van der Waals surface area contributed by atoms with Crippen LogP contribution in [0.15, 0.2) is 58.5 Å². The molecule has 0 aromatic heterocycles. The van der Waals surface area contributed by atoms with Crippen LogP contribution >= 0.6 is 11.6 Å². The Balaban J connectivity index is 1.22. The van der Waals surface area contributed by atoms with E-state index in [1.54, 1.807) is 0 Å². The highest BCUT2D eigenvalue weighted by atomic mass is 35.5. The smallest absolute Gasteiger partial charge is 0.351 e. The largest absolute Gasteiger partial charge is 0.368 e. The van der Waals surface area contributed by atoms with Gasteiger partial charge in [0.05, 0.1) is 16.4 Å². The molecule has 2 aromatic rings. The van der Waals surface area contributed by atoms with Gasteiger partial charge < -0.3 is 4.90 Å². The van der Waals surface area contributed by atoms with Crippen molar-refractivity contribution in [1.29, 1.82) is 0 Å². The number of anilines is 1. The number of benzene rings is 2. The van der Waals surface area contributed by atoms with Crippen molar-refractivity contribution in [1.82, 2.24) is 9.80 Å². The summed E-state index contributed by atoms with van der Waals surface area (Å²) in [6.07, 6.45) is 0. The molecule has 1 fully saturated rings. The van der Waals surface area contributed by atoms with Gasteiger partial charge in [-0.3, -0.25) is 14.6 Å². The number of para-hydroxylation sites is 2. The van der Waals surface area contributed by atoms with Crippen molar-refractivity contribution in [3.63, 3.8) is 0 Å². The summed E-state index contributed by atoms with van der Waals surface area (Å²) in [5, 5.41) is 0.752. The van der Waals surface area contributed by atoms with Gasteiger partial charge in [0.1, 0.15) is 5.71 Å². The number of piperazine rings is 1. The van der Waals surface area contributed by atoms with Crippen LogP contribution < -0.4 is 4.90 Å². The number of amides is 3. The quantitative estimate of drug-likeness (QED) is 0.761. The van der Waals surface area contributed by atoms with Gasteiger partial charge in [0.25, 0.3) is 5.91 Å². The second-order valence-electron chi connectivity index (χ2n) is 7.46. The number of rotatable bonds is 4. The topological polar surface area (TPSA) is 68.6 Å². The Morgan fingerprint density at radius 1 is 0.833 bits per heavy atom. The summed E-state index contributed by atoms with van der Waals surface area (Å²) in [6, 6.07) is 14.7. The molecule has 0 radical (unpaired) electrons. The number of imide groups is 1. The van der Waals surface area contributed by atoms with Gasteiger partial charge in [0, 0.05) is 44.8 Å². The molecular weight excluding hydrogens is 402 g/mol. The number of urea groups is 1. The molecule has 0 saturated carbocycles. The van der Waals surface area contributed by atoms with Crippen LogP contribution in [0, 0.1) is 0 Å². The monoisotopic (exact) mass is 421 g/mol. The predicted octanol–water partition coefficient (Wildman–Crippen LogP) is 3.00. The number of nitrogens with zero attached hydrogens (tertiary/aromatic N) is 5. The van der Waals surface area contributed by atoms with Crippen LogP contribution in [0.4, 0.5) is 16.2 Å². The molecule has 3 amide bonds. The molecule has 0 bridgehead atoms. The lowest BCUT2D eigenvalue weighted by Crippen LogP contribution is -2.52. The van der Waals surface area contributed by atoms with Gasteiger partial charge in [0.2, 0.25) is 0 Å². The summed E-state index contributed by atoms with van der Waals surface area (Å²) in [5.74, 6) is -0.365. The SMILES string of the molecule is O=C1N=C2C(=Nc3ccccc32)C(=O)N1CCN1CCN(c2ccccc2Cl)CC1. The number of fused-ring (bicyclic) bond motifs is 3. The van der Waals surface area contributed by atoms with Crippen molar-refractivity contribution in [2.75, 3.05) is 44.2 Å². The Hall–Kier alpha value is -3.03. The highest BCUT2D eigenvalue weighted by Crippen LogP contribution is 2.29. The van der Waals surface area contributed by atoms with Crippen LogP contribution in [-0.2, 0) is 4.79 Å². The van der Waals surface area contributed by atoms with Gasteiger partial charge in [-0.25, -0.2) is 9.79 Å². The zero-order valence-electron chi connectivity index (χ0n) is 16.3. The van der Waals surface area contributed by atoms with Gasteiger partial charge in [-0.05, 0) is 18.2 Å². The molecule has 0 N–H and O–H groups in total. The van der Waals surface area contributed by atoms with E-state index in [4.69, 9.17) is 11.6 Å². The first kappa shape index (κ1) is 19.0. The molecule has 1 saturated heterocycles. The van der Waals surface area contributed by atoms with Gasteiger partial charge in [-0.15, -0.1) is 0 Å². The maximum atomic E-state index is 12.9. The minimum absolute atomic E-state index is 0.263. The molecule has 0 spiro atoms. The minimum Gasteiger partial charge on any atom is -0.368 e. The first-order chi connectivity index (χ1) is 14.6. The number of hydrogen-bond acceptors (Lipinski definition) is 5. The molecule has 30 heavy (non-hydrogen) atoms. The Labute approximate surface area is 179 Å². The van der Waals surface area contributed by atoms with E-state index >= 15 is 0 Å². The average molecular weight is 422 g/mol. The van der Waals surface area contributed by atoms with Gasteiger partial charge in [-0.1, -0.05) is 41.9 Å². The van der Waals surface area contributed by atoms with Crippen LogP contribution in [0.3, 0.4) is 0 Å². The maximum Gasteiger partial charge on any atom is 0.351 e. The molecule has 0 atom stereocenters. The summed E-state index contributed by atoms with van der Waals surface area (Å²) in [6.45, 7) is 4.27. The predicted molar refractivity (Wildman–Crippen MR) is 117 cm³/mol. The molecule has 3 aliphatic heterocycles. The minimum atomic E-state index is -0.514. The molecule has 8 heteroatoms. The second kappa shape index (κ2) is 7.66. The Bertz CT molecular complexity index is 1090. The van der Waals surface area contributed by atoms with Crippen molar-refractivity contribution in [2.45, 2.75) is 0 Å². The van der Waals surface area contributed by atoms with E-state index in [1.807, 2.05) is 48.5 Å². The van der Waals surface area contributed by atoms with Crippen molar-refractivity contribution < 1.29 is 9.59 Å². The Kier molecular flexibility index (Phi) is 4.84. The fraction of sp³-hybridized carbons (Fsp3) is 0.273. The third-order valence-corrected chi connectivity index (χ3v) is 6.03. The standard InChI is InChI=1S/C22H20ClN5O2/c23-16-6-2-4-8-18(16)27-12-9-26(10-13-27)11-14-28-21(29)20-19(25-22(28)30)15-5-1-3-7-17(15)24-20/h1-8H,9-14H2. The molecular formula is C22H20ClN5O2. The van der Waals surface area contributed by atoms with Crippen LogP contribution in [0.1, 0.15) is 5.56 Å². The van der Waals surface area contributed by atoms with E-state index in [-0.39, 0.29) is 11.6 Å². The van der Waals surface area contributed by atoms with Crippen LogP contribution in [0.5, 0.6) is 0 Å². The van der Waals surface area contributed by atoms with E-state index in [1.165, 1.54) is 4.90 Å². The van der Waals surface area contributed by atoms with Crippen molar-refractivity contribution >= 4 is 46.3 Å². The summed E-state index contributed by atoms with van der Waals surface area (Å²) in [7, 11) is 0. The molecule has 3 aliphatic rings. The molecule has 5 rings (SSSR count). The molecule has 2 aromatic carbocycles. The number of aliphatic imine (C=N–C) groups is 2. The Morgan fingerprint density at radius 3 is 2.37 bits per heavy atom. The van der Waals surface area contributed by atoms with Crippen LogP contribution in [0.2, 0.25) is 5.02 Å². The highest BCUT2D eigenvalue weighted by molar-refractivity contribution is 6.74. The first-order valence-corrected chi connectivity index (χ1v) is 10.3. The summed E-state index contributed by atoms with van der Waals surface area (Å²) in [4.78, 5) is 39.7. The van der Waals surface area contributed by atoms with Gasteiger partial charge >= 0.3 is 6.03 Å². The van der Waals surface area contributed by atoms with Crippen LogP contribution in [0.25, 0.3) is 0 Å². The summed E-state index contributed by atoms with van der Waals surface area (Å²) in [5.41, 5.74) is 3.12. The normalized spacial score (nSPS) is 18.8. The summed E-state index contributed by atoms with van der Waals surface area (Å²) >= 11 is 6.31. The first-order valence-electron chi connectivity index (χ1n) is 9.96. The number of halogens is 1. The van der Waals surface area contributed by atoms with E-state index in [0.717, 1.165) is 42.5 Å². The van der Waals surface area contributed by atoms with Crippen molar-refractivity contribution in [3.05, 3.63) is 59.1 Å².